The topological polar surface area (TPSA) is 107 Å². The highest BCUT2D eigenvalue weighted by atomic mass is 19.1. The van der Waals surface area contributed by atoms with Crippen molar-refractivity contribution in [1.29, 1.82) is 0 Å². The molecule has 0 unspecified atom stereocenters. The number of hydrogen-bond acceptors (Lipinski definition) is 8. The molecule has 200 valence electrons. The molecule has 1 fully saturated rings. The van der Waals surface area contributed by atoms with Crippen LogP contribution in [0.15, 0.2) is 53.3 Å². The number of aromatic amines is 1. The highest BCUT2D eigenvalue weighted by Gasteiger charge is 2.33. The number of ether oxygens (including phenoxy) is 3. The Kier molecular flexibility index (Phi) is 6.09. The molecule has 4 aromatic rings. The van der Waals surface area contributed by atoms with E-state index in [0.717, 1.165) is 42.4 Å². The van der Waals surface area contributed by atoms with Crippen LogP contribution in [-0.4, -0.2) is 62.7 Å². The molecule has 0 amide bonds. The second kappa shape index (κ2) is 9.90. The van der Waals surface area contributed by atoms with Gasteiger partial charge in [0.15, 0.2) is 17.3 Å². The van der Waals surface area contributed by atoms with Gasteiger partial charge in [0.2, 0.25) is 6.79 Å². The smallest absolute Gasteiger partial charge is 0.253 e. The molecule has 10 nitrogen and oxygen atoms in total. The van der Waals surface area contributed by atoms with Gasteiger partial charge < -0.3 is 19.2 Å². The average Bonchev–Trinajstić information content (AvgIpc) is 3.72. The van der Waals surface area contributed by atoms with Crippen LogP contribution >= 0.6 is 0 Å². The average molecular weight is 531 g/mol. The fraction of sp³-hybridized carbons (Fsp3) is 0.357. The molecule has 3 aliphatic rings. The quantitative estimate of drug-likeness (QED) is 0.404. The summed E-state index contributed by atoms with van der Waals surface area (Å²) in [6, 6.07) is 11.6. The molecular weight excluding hydrogens is 503 g/mol. The first kappa shape index (κ1) is 24.0. The lowest BCUT2D eigenvalue weighted by atomic mass is 9.96. The molecule has 0 radical (unpaired) electrons. The van der Waals surface area contributed by atoms with E-state index < -0.39 is 6.04 Å². The van der Waals surface area contributed by atoms with E-state index in [2.05, 4.69) is 31.5 Å². The van der Waals surface area contributed by atoms with Crippen molar-refractivity contribution < 1.29 is 18.6 Å². The highest BCUT2D eigenvalue weighted by molar-refractivity contribution is 5.83. The molecule has 3 aliphatic heterocycles. The summed E-state index contributed by atoms with van der Waals surface area (Å²) < 4.78 is 32.1. The molecule has 2 aromatic heterocycles. The molecule has 7 rings (SSSR count). The Morgan fingerprint density at radius 3 is 2.74 bits per heavy atom. The first-order valence-electron chi connectivity index (χ1n) is 13.2. The van der Waals surface area contributed by atoms with Gasteiger partial charge in [0.05, 0.1) is 18.2 Å². The van der Waals surface area contributed by atoms with E-state index in [4.69, 9.17) is 14.2 Å². The Bertz CT molecular complexity index is 1610. The minimum Gasteiger partial charge on any atom is -0.454 e. The van der Waals surface area contributed by atoms with Crippen molar-refractivity contribution in [2.24, 2.45) is 0 Å². The Morgan fingerprint density at radius 2 is 1.97 bits per heavy atom. The van der Waals surface area contributed by atoms with Gasteiger partial charge in [0.1, 0.15) is 11.9 Å². The fourth-order valence-electron chi connectivity index (χ4n) is 5.68. The van der Waals surface area contributed by atoms with Crippen LogP contribution in [0.25, 0.3) is 16.5 Å². The summed E-state index contributed by atoms with van der Waals surface area (Å²) in [4.78, 5) is 18.8. The second-order valence-corrected chi connectivity index (χ2v) is 10.1. The number of nitrogens with one attached hydrogen (secondary N) is 1. The van der Waals surface area contributed by atoms with Gasteiger partial charge in [0, 0.05) is 36.7 Å². The standard InChI is InChI=1S/C28H27FN6O4/c29-20-5-3-17(4-6-20)18-7-9-34(10-8-18)26(27-31-32-33-35(27)15-21-2-1-11-37-21)22-12-19-13-24-25(39-16-38-24)14-23(19)30-28(22)36/h3-7,12-14,21,26H,1-2,8-11,15-16H2,(H,30,36)/t21-,26-/m0/s1. The Hall–Kier alpha value is -4.09. The van der Waals surface area contributed by atoms with Crippen LogP contribution in [0, 0.1) is 5.82 Å². The zero-order valence-corrected chi connectivity index (χ0v) is 21.2. The summed E-state index contributed by atoms with van der Waals surface area (Å²) in [5.74, 6) is 1.59. The Morgan fingerprint density at radius 1 is 1.13 bits per heavy atom. The number of aromatic nitrogens is 5. The van der Waals surface area contributed by atoms with Crippen LogP contribution in [0.1, 0.15) is 42.3 Å². The van der Waals surface area contributed by atoms with E-state index in [9.17, 15) is 9.18 Å². The molecule has 39 heavy (non-hydrogen) atoms. The summed E-state index contributed by atoms with van der Waals surface area (Å²) in [5.41, 5.74) is 3.14. The summed E-state index contributed by atoms with van der Waals surface area (Å²) in [7, 11) is 0. The fourth-order valence-corrected chi connectivity index (χ4v) is 5.68. The van der Waals surface area contributed by atoms with Crippen LogP contribution in [0.3, 0.4) is 0 Å². The monoisotopic (exact) mass is 530 g/mol. The van der Waals surface area contributed by atoms with E-state index in [0.29, 0.717) is 48.0 Å². The largest absolute Gasteiger partial charge is 0.454 e. The maximum Gasteiger partial charge on any atom is 0.253 e. The molecule has 2 aromatic carbocycles. The lowest BCUT2D eigenvalue weighted by molar-refractivity contribution is 0.0910. The summed E-state index contributed by atoms with van der Waals surface area (Å²) in [5, 5.41) is 13.5. The van der Waals surface area contributed by atoms with Crippen molar-refractivity contribution in [2.75, 3.05) is 26.5 Å². The number of fused-ring (bicyclic) bond motifs is 2. The first-order valence-corrected chi connectivity index (χ1v) is 13.2. The van der Waals surface area contributed by atoms with Gasteiger partial charge in [-0.1, -0.05) is 18.2 Å². The van der Waals surface area contributed by atoms with E-state index >= 15 is 0 Å². The minimum absolute atomic E-state index is 0.0360. The maximum atomic E-state index is 13.6. The van der Waals surface area contributed by atoms with Crippen LogP contribution in [-0.2, 0) is 11.3 Å². The van der Waals surface area contributed by atoms with Crippen LogP contribution in [0.4, 0.5) is 4.39 Å². The van der Waals surface area contributed by atoms with Gasteiger partial charge in [-0.25, -0.2) is 9.07 Å². The predicted octanol–water partition coefficient (Wildman–Crippen LogP) is 3.44. The molecule has 2 atom stereocenters. The third kappa shape index (κ3) is 4.57. The summed E-state index contributed by atoms with van der Waals surface area (Å²) in [6.45, 7) is 2.64. The van der Waals surface area contributed by atoms with Gasteiger partial charge >= 0.3 is 0 Å². The van der Waals surface area contributed by atoms with E-state index in [-0.39, 0.29) is 24.3 Å². The van der Waals surface area contributed by atoms with Gasteiger partial charge in [-0.15, -0.1) is 5.10 Å². The van der Waals surface area contributed by atoms with Crippen molar-refractivity contribution in [2.45, 2.75) is 38.0 Å². The number of halogens is 1. The van der Waals surface area contributed by atoms with Crippen LogP contribution in [0.5, 0.6) is 11.5 Å². The number of hydrogen-bond donors (Lipinski definition) is 1. The third-order valence-corrected chi connectivity index (χ3v) is 7.69. The van der Waals surface area contributed by atoms with Crippen molar-refractivity contribution in [1.82, 2.24) is 30.1 Å². The highest BCUT2D eigenvalue weighted by Crippen LogP contribution is 2.37. The van der Waals surface area contributed by atoms with Gasteiger partial charge in [0.25, 0.3) is 5.56 Å². The lowest BCUT2D eigenvalue weighted by Crippen LogP contribution is -2.38. The van der Waals surface area contributed by atoms with Gasteiger partial charge in [-0.3, -0.25) is 9.69 Å². The van der Waals surface area contributed by atoms with Gasteiger partial charge in [-0.05, 0) is 65.1 Å². The summed E-state index contributed by atoms with van der Waals surface area (Å²) >= 11 is 0. The molecule has 0 aliphatic carbocycles. The molecule has 0 bridgehead atoms. The zero-order chi connectivity index (χ0) is 26.3. The molecule has 11 heteroatoms. The predicted molar refractivity (Wildman–Crippen MR) is 140 cm³/mol. The van der Waals surface area contributed by atoms with Crippen molar-refractivity contribution >= 4 is 16.5 Å². The normalized spacial score (nSPS) is 19.9. The molecule has 1 saturated heterocycles. The van der Waals surface area contributed by atoms with Crippen LogP contribution in [0.2, 0.25) is 0 Å². The van der Waals surface area contributed by atoms with Crippen molar-refractivity contribution in [3.05, 3.63) is 81.7 Å². The van der Waals surface area contributed by atoms with E-state index in [1.165, 1.54) is 12.1 Å². The molecule has 5 heterocycles. The number of rotatable bonds is 6. The number of pyridine rings is 1. The minimum atomic E-state index is -0.494. The third-order valence-electron chi connectivity index (χ3n) is 7.69. The van der Waals surface area contributed by atoms with E-state index in [1.807, 2.05) is 12.1 Å². The summed E-state index contributed by atoms with van der Waals surface area (Å²) in [6.07, 6.45) is 4.86. The van der Waals surface area contributed by atoms with Crippen molar-refractivity contribution in [3.63, 3.8) is 0 Å². The van der Waals surface area contributed by atoms with Gasteiger partial charge in [-0.2, -0.15) is 0 Å². The SMILES string of the molecule is O=c1[nH]c2cc3c(cc2cc1[C@@H](c1nnnn1C[C@@H]1CCCO1)N1CC=C(c2ccc(F)cc2)CC1)OCO3. The molecule has 0 saturated carbocycles. The Balaban J connectivity index is 1.29. The molecular formula is C28H27FN6O4. The van der Waals surface area contributed by atoms with Crippen molar-refractivity contribution in [3.8, 4) is 11.5 Å². The molecule has 1 N–H and O–H groups in total. The maximum absolute atomic E-state index is 13.6. The Labute approximate surface area is 223 Å². The lowest BCUT2D eigenvalue weighted by Gasteiger charge is -2.33. The number of tetrazole rings is 1. The number of H-pyrrole nitrogens is 1. The number of benzene rings is 2. The second-order valence-electron chi connectivity index (χ2n) is 10.1. The zero-order valence-electron chi connectivity index (χ0n) is 21.2. The number of nitrogens with zero attached hydrogens (tertiary/aromatic N) is 5. The first-order chi connectivity index (χ1) is 19.1. The van der Waals surface area contributed by atoms with Crippen LogP contribution < -0.4 is 15.0 Å². The van der Waals surface area contributed by atoms with E-state index in [1.54, 1.807) is 22.9 Å². The molecule has 0 spiro atoms.